The Kier molecular flexibility index (Phi) is 3.98. The molecule has 2 N–H and O–H groups in total. The summed E-state index contributed by atoms with van der Waals surface area (Å²) >= 11 is 0. The van der Waals surface area contributed by atoms with E-state index in [0.717, 1.165) is 0 Å². The normalized spacial score (nSPS) is 25.5. The first-order valence-corrected chi connectivity index (χ1v) is 5.66. The quantitative estimate of drug-likeness (QED) is 0.708. The van der Waals surface area contributed by atoms with E-state index in [-0.39, 0.29) is 12.6 Å². The SMILES string of the molecule is C[C@H]1CN(C(=O)OC(C)(C)C)[C@H](C(=O)O)CN1. The van der Waals surface area contributed by atoms with Crippen molar-refractivity contribution in [2.45, 2.75) is 45.4 Å². The molecule has 1 rings (SSSR count). The van der Waals surface area contributed by atoms with Gasteiger partial charge >= 0.3 is 12.1 Å². The molecule has 0 aliphatic carbocycles. The number of aliphatic carboxylic acids is 1. The molecule has 1 aliphatic heterocycles. The first kappa shape index (κ1) is 13.8. The van der Waals surface area contributed by atoms with Gasteiger partial charge in [0.1, 0.15) is 11.6 Å². The van der Waals surface area contributed by atoms with Crippen LogP contribution in [0.2, 0.25) is 0 Å². The van der Waals surface area contributed by atoms with Crippen LogP contribution >= 0.6 is 0 Å². The standard InChI is InChI=1S/C11H20N2O4/c1-7-6-13(8(5-12-7)9(14)15)10(16)17-11(2,3)4/h7-8,12H,5-6H2,1-4H3,(H,14,15)/t7-,8-/m0/s1. The maximum Gasteiger partial charge on any atom is 0.411 e. The number of carbonyl (C=O) groups excluding carboxylic acids is 1. The van der Waals surface area contributed by atoms with Crippen LogP contribution in [0.4, 0.5) is 4.79 Å². The number of carbonyl (C=O) groups is 2. The molecule has 6 heteroatoms. The van der Waals surface area contributed by atoms with Crippen LogP contribution in [0, 0.1) is 0 Å². The van der Waals surface area contributed by atoms with E-state index in [4.69, 9.17) is 9.84 Å². The summed E-state index contributed by atoms with van der Waals surface area (Å²) in [5, 5.41) is 12.1. The van der Waals surface area contributed by atoms with E-state index in [9.17, 15) is 9.59 Å². The number of amides is 1. The minimum Gasteiger partial charge on any atom is -0.480 e. The molecule has 0 aromatic rings. The molecule has 17 heavy (non-hydrogen) atoms. The largest absolute Gasteiger partial charge is 0.480 e. The van der Waals surface area contributed by atoms with E-state index >= 15 is 0 Å². The fourth-order valence-electron chi connectivity index (χ4n) is 1.65. The van der Waals surface area contributed by atoms with Crippen LogP contribution in [0.15, 0.2) is 0 Å². The zero-order chi connectivity index (χ0) is 13.2. The van der Waals surface area contributed by atoms with Crippen LogP contribution in [0.3, 0.4) is 0 Å². The molecule has 1 amide bonds. The number of ether oxygens (including phenoxy) is 1. The third kappa shape index (κ3) is 3.89. The Morgan fingerprint density at radius 2 is 2.00 bits per heavy atom. The first-order valence-electron chi connectivity index (χ1n) is 5.66. The lowest BCUT2D eigenvalue weighted by Crippen LogP contribution is -2.60. The summed E-state index contributed by atoms with van der Waals surface area (Å²) in [6.07, 6.45) is -0.571. The van der Waals surface area contributed by atoms with Crippen molar-refractivity contribution in [3.63, 3.8) is 0 Å². The van der Waals surface area contributed by atoms with Crippen LogP contribution in [-0.2, 0) is 9.53 Å². The van der Waals surface area contributed by atoms with Crippen molar-refractivity contribution in [2.24, 2.45) is 0 Å². The predicted molar refractivity (Wildman–Crippen MR) is 61.8 cm³/mol. The monoisotopic (exact) mass is 244 g/mol. The molecule has 0 unspecified atom stereocenters. The van der Waals surface area contributed by atoms with Gasteiger partial charge in [0.2, 0.25) is 0 Å². The molecule has 1 fully saturated rings. The minimum absolute atomic E-state index is 0.0677. The fourth-order valence-corrected chi connectivity index (χ4v) is 1.65. The minimum atomic E-state index is -1.02. The van der Waals surface area contributed by atoms with Crippen molar-refractivity contribution in [2.75, 3.05) is 13.1 Å². The van der Waals surface area contributed by atoms with Gasteiger partial charge in [-0.1, -0.05) is 0 Å². The number of carboxylic acid groups (broad SMARTS) is 1. The van der Waals surface area contributed by atoms with Gasteiger partial charge in [-0.3, -0.25) is 4.90 Å². The van der Waals surface area contributed by atoms with Crippen LogP contribution in [-0.4, -0.2) is 52.8 Å². The summed E-state index contributed by atoms with van der Waals surface area (Å²) in [7, 11) is 0. The average molecular weight is 244 g/mol. The number of hydrogen-bond acceptors (Lipinski definition) is 4. The lowest BCUT2D eigenvalue weighted by Gasteiger charge is -2.37. The summed E-state index contributed by atoms with van der Waals surface area (Å²) in [6.45, 7) is 7.75. The van der Waals surface area contributed by atoms with Crippen molar-refractivity contribution >= 4 is 12.1 Å². The van der Waals surface area contributed by atoms with Gasteiger partial charge in [0, 0.05) is 19.1 Å². The molecule has 98 valence electrons. The smallest absolute Gasteiger partial charge is 0.411 e. The second-order valence-corrected chi connectivity index (χ2v) is 5.30. The highest BCUT2D eigenvalue weighted by molar-refractivity contribution is 5.80. The number of nitrogens with zero attached hydrogens (tertiary/aromatic N) is 1. The van der Waals surface area contributed by atoms with Crippen molar-refractivity contribution in [3.05, 3.63) is 0 Å². The zero-order valence-corrected chi connectivity index (χ0v) is 10.7. The Hall–Kier alpha value is -1.30. The molecular formula is C11H20N2O4. The first-order chi connectivity index (χ1) is 7.70. The molecule has 0 radical (unpaired) electrons. The fraction of sp³-hybridized carbons (Fsp3) is 0.818. The van der Waals surface area contributed by atoms with Gasteiger partial charge in [-0.15, -0.1) is 0 Å². The molecule has 2 atom stereocenters. The van der Waals surface area contributed by atoms with Crippen LogP contribution in [0.25, 0.3) is 0 Å². The molecule has 1 aliphatic rings. The number of piperazine rings is 1. The highest BCUT2D eigenvalue weighted by atomic mass is 16.6. The van der Waals surface area contributed by atoms with E-state index in [1.54, 1.807) is 20.8 Å². The molecule has 0 saturated carbocycles. The molecule has 0 bridgehead atoms. The Morgan fingerprint density at radius 1 is 1.41 bits per heavy atom. The van der Waals surface area contributed by atoms with Crippen LogP contribution in [0.5, 0.6) is 0 Å². The molecule has 1 saturated heterocycles. The molecule has 0 spiro atoms. The highest BCUT2D eigenvalue weighted by Gasteiger charge is 2.36. The Bertz CT molecular complexity index is 311. The van der Waals surface area contributed by atoms with Gasteiger partial charge in [-0.2, -0.15) is 0 Å². The van der Waals surface area contributed by atoms with Crippen molar-refractivity contribution in [3.8, 4) is 0 Å². The number of hydrogen-bond donors (Lipinski definition) is 2. The Labute approximate surface area is 101 Å². The second kappa shape index (κ2) is 4.91. The van der Waals surface area contributed by atoms with E-state index in [1.807, 2.05) is 6.92 Å². The van der Waals surface area contributed by atoms with Crippen molar-refractivity contribution in [1.82, 2.24) is 10.2 Å². The third-order valence-electron chi connectivity index (χ3n) is 2.42. The topological polar surface area (TPSA) is 78.9 Å². The lowest BCUT2D eigenvalue weighted by atomic mass is 10.1. The van der Waals surface area contributed by atoms with Crippen molar-refractivity contribution in [1.29, 1.82) is 0 Å². The van der Waals surface area contributed by atoms with E-state index < -0.39 is 23.7 Å². The number of nitrogens with one attached hydrogen (secondary N) is 1. The summed E-state index contributed by atoms with van der Waals surface area (Å²) in [4.78, 5) is 24.2. The maximum absolute atomic E-state index is 11.9. The Morgan fingerprint density at radius 3 is 2.47 bits per heavy atom. The summed E-state index contributed by atoms with van der Waals surface area (Å²) in [6, 6.07) is -0.792. The molecule has 6 nitrogen and oxygen atoms in total. The lowest BCUT2D eigenvalue weighted by molar-refractivity contribution is -0.144. The molecule has 0 aromatic heterocycles. The van der Waals surface area contributed by atoms with Crippen LogP contribution in [0.1, 0.15) is 27.7 Å². The number of carboxylic acids is 1. The van der Waals surface area contributed by atoms with Gasteiger partial charge < -0.3 is 15.2 Å². The molecular weight excluding hydrogens is 224 g/mol. The van der Waals surface area contributed by atoms with E-state index in [0.29, 0.717) is 6.54 Å². The summed E-state index contributed by atoms with van der Waals surface area (Å²) in [5.74, 6) is -1.02. The summed E-state index contributed by atoms with van der Waals surface area (Å²) < 4.78 is 5.20. The van der Waals surface area contributed by atoms with Crippen molar-refractivity contribution < 1.29 is 19.4 Å². The van der Waals surface area contributed by atoms with Gasteiger partial charge in [0.15, 0.2) is 0 Å². The average Bonchev–Trinajstić information content (AvgIpc) is 2.14. The molecule has 0 aromatic carbocycles. The number of rotatable bonds is 1. The zero-order valence-electron chi connectivity index (χ0n) is 10.7. The van der Waals surface area contributed by atoms with Gasteiger partial charge in [0.25, 0.3) is 0 Å². The summed E-state index contributed by atoms with van der Waals surface area (Å²) in [5.41, 5.74) is -0.617. The highest BCUT2D eigenvalue weighted by Crippen LogP contribution is 2.14. The predicted octanol–water partition coefficient (Wildman–Crippen LogP) is 0.668. The Balaban J connectivity index is 2.75. The van der Waals surface area contributed by atoms with Crippen LogP contribution < -0.4 is 5.32 Å². The third-order valence-corrected chi connectivity index (χ3v) is 2.42. The molecule has 1 heterocycles. The van der Waals surface area contributed by atoms with Gasteiger partial charge in [0.05, 0.1) is 0 Å². The second-order valence-electron chi connectivity index (χ2n) is 5.30. The van der Waals surface area contributed by atoms with E-state index in [2.05, 4.69) is 5.32 Å². The van der Waals surface area contributed by atoms with Gasteiger partial charge in [-0.25, -0.2) is 9.59 Å². The van der Waals surface area contributed by atoms with Gasteiger partial charge in [-0.05, 0) is 27.7 Å². The maximum atomic E-state index is 11.9. The van der Waals surface area contributed by atoms with E-state index in [1.165, 1.54) is 4.90 Å².